The van der Waals surface area contributed by atoms with Gasteiger partial charge in [-0.05, 0) is 44.0 Å². The van der Waals surface area contributed by atoms with Crippen molar-refractivity contribution in [1.82, 2.24) is 4.31 Å². The fourth-order valence-corrected chi connectivity index (χ4v) is 3.72. The highest BCUT2D eigenvalue weighted by molar-refractivity contribution is 7.89. The van der Waals surface area contributed by atoms with Gasteiger partial charge < -0.3 is 5.32 Å². The number of sulfonamides is 1. The van der Waals surface area contributed by atoms with E-state index in [1.54, 1.807) is 24.3 Å². The van der Waals surface area contributed by atoms with Crippen LogP contribution >= 0.6 is 0 Å². The van der Waals surface area contributed by atoms with Crippen molar-refractivity contribution in [2.24, 2.45) is 0 Å². The fraction of sp³-hybridized carbons (Fsp3) is 0.429. The van der Waals surface area contributed by atoms with E-state index in [0.717, 1.165) is 6.42 Å². The van der Waals surface area contributed by atoms with Crippen LogP contribution in [0.15, 0.2) is 24.3 Å². The van der Waals surface area contributed by atoms with Crippen LogP contribution < -0.4 is 5.32 Å². The van der Waals surface area contributed by atoms with Crippen molar-refractivity contribution in [2.75, 3.05) is 24.2 Å². The molecule has 1 N–H and O–H groups in total. The molecule has 2 rings (SSSR count). The van der Waals surface area contributed by atoms with Crippen molar-refractivity contribution >= 4 is 27.4 Å². The zero-order chi connectivity index (χ0) is 15.5. The molecule has 1 aromatic rings. The minimum Gasteiger partial charge on any atom is -0.325 e. The van der Waals surface area contributed by atoms with Crippen LogP contribution in [0.25, 0.3) is 0 Å². The molecule has 0 aromatic heterocycles. The molecule has 0 unspecified atom stereocenters. The summed E-state index contributed by atoms with van der Waals surface area (Å²) in [4.78, 5) is 23.1. The third kappa shape index (κ3) is 4.12. The van der Waals surface area contributed by atoms with Gasteiger partial charge in [-0.2, -0.15) is 4.31 Å². The number of nitrogens with zero attached hydrogens (tertiary/aromatic N) is 1. The number of nitrogens with one attached hydrogen (secondary N) is 1. The standard InChI is InChI=1S/C14H18N2O4S/c1-11(17)12-4-6-13(7-5-12)15-14(18)10-16-8-2-3-9-21(16,19)20/h4-7H,2-3,8-10H2,1H3,(H,15,18). The van der Waals surface area contributed by atoms with Gasteiger partial charge in [0.1, 0.15) is 0 Å². The van der Waals surface area contributed by atoms with Crippen molar-refractivity contribution in [2.45, 2.75) is 19.8 Å². The van der Waals surface area contributed by atoms with Crippen LogP contribution in [-0.4, -0.2) is 43.3 Å². The van der Waals surface area contributed by atoms with Gasteiger partial charge in [-0.1, -0.05) is 0 Å². The molecule has 0 saturated carbocycles. The smallest absolute Gasteiger partial charge is 0.239 e. The van der Waals surface area contributed by atoms with Crippen molar-refractivity contribution < 1.29 is 18.0 Å². The molecule has 1 saturated heterocycles. The summed E-state index contributed by atoms with van der Waals surface area (Å²) in [6.45, 7) is 1.69. The Morgan fingerprint density at radius 2 is 1.86 bits per heavy atom. The summed E-state index contributed by atoms with van der Waals surface area (Å²) in [5.41, 5.74) is 1.10. The largest absolute Gasteiger partial charge is 0.325 e. The van der Waals surface area contributed by atoms with Crippen LogP contribution in [0.3, 0.4) is 0 Å². The molecule has 114 valence electrons. The Hall–Kier alpha value is -1.73. The van der Waals surface area contributed by atoms with Gasteiger partial charge in [0, 0.05) is 17.8 Å². The Morgan fingerprint density at radius 1 is 1.19 bits per heavy atom. The van der Waals surface area contributed by atoms with E-state index in [1.165, 1.54) is 11.2 Å². The lowest BCUT2D eigenvalue weighted by Gasteiger charge is -2.25. The van der Waals surface area contributed by atoms with Crippen LogP contribution in [0.2, 0.25) is 0 Å². The quantitative estimate of drug-likeness (QED) is 0.848. The first kappa shape index (κ1) is 15.7. The number of rotatable bonds is 4. The second kappa shape index (κ2) is 6.36. The SMILES string of the molecule is CC(=O)c1ccc(NC(=O)CN2CCCCS2(=O)=O)cc1. The van der Waals surface area contributed by atoms with Gasteiger partial charge in [-0.3, -0.25) is 9.59 Å². The zero-order valence-corrected chi connectivity index (χ0v) is 12.6. The lowest BCUT2D eigenvalue weighted by Crippen LogP contribution is -2.42. The summed E-state index contributed by atoms with van der Waals surface area (Å²) in [5, 5.41) is 2.64. The maximum absolute atomic E-state index is 11.9. The summed E-state index contributed by atoms with van der Waals surface area (Å²) >= 11 is 0. The average molecular weight is 310 g/mol. The minimum absolute atomic E-state index is 0.0488. The Kier molecular flexibility index (Phi) is 4.74. The molecule has 21 heavy (non-hydrogen) atoms. The number of carbonyl (C=O) groups excluding carboxylic acids is 2. The number of anilines is 1. The summed E-state index contributed by atoms with van der Waals surface area (Å²) in [6, 6.07) is 6.49. The number of benzene rings is 1. The first-order chi connectivity index (χ1) is 9.88. The molecular formula is C14H18N2O4S. The number of hydrogen-bond donors (Lipinski definition) is 1. The first-order valence-corrected chi connectivity index (χ1v) is 8.38. The molecule has 6 nitrogen and oxygen atoms in total. The van der Waals surface area contributed by atoms with E-state index >= 15 is 0 Å². The molecule has 7 heteroatoms. The van der Waals surface area contributed by atoms with Crippen molar-refractivity contribution in [3.63, 3.8) is 0 Å². The maximum atomic E-state index is 11.9. The second-order valence-corrected chi connectivity index (χ2v) is 7.13. The molecule has 1 aromatic carbocycles. The zero-order valence-electron chi connectivity index (χ0n) is 11.8. The minimum atomic E-state index is -3.30. The van der Waals surface area contributed by atoms with Gasteiger partial charge in [0.25, 0.3) is 0 Å². The van der Waals surface area contributed by atoms with E-state index in [4.69, 9.17) is 0 Å². The summed E-state index contributed by atoms with van der Waals surface area (Å²) in [6.07, 6.45) is 1.42. The molecule has 0 radical (unpaired) electrons. The summed E-state index contributed by atoms with van der Waals surface area (Å²) < 4.78 is 24.8. The average Bonchev–Trinajstić information content (AvgIpc) is 2.41. The Labute approximate surface area is 124 Å². The maximum Gasteiger partial charge on any atom is 0.239 e. The lowest BCUT2D eigenvalue weighted by atomic mass is 10.1. The number of amides is 1. The highest BCUT2D eigenvalue weighted by Crippen LogP contribution is 2.14. The van der Waals surface area contributed by atoms with Gasteiger partial charge in [0.15, 0.2) is 5.78 Å². The van der Waals surface area contributed by atoms with Gasteiger partial charge in [0.2, 0.25) is 15.9 Å². The molecule has 1 aliphatic rings. The molecule has 1 amide bonds. The molecule has 1 aliphatic heterocycles. The second-order valence-electron chi connectivity index (χ2n) is 5.04. The number of hydrogen-bond acceptors (Lipinski definition) is 4. The predicted octanol–water partition coefficient (Wildman–Crippen LogP) is 1.25. The predicted molar refractivity (Wildman–Crippen MR) is 79.7 cm³/mol. The highest BCUT2D eigenvalue weighted by Gasteiger charge is 2.27. The van der Waals surface area contributed by atoms with Gasteiger partial charge in [-0.25, -0.2) is 8.42 Å². The van der Waals surface area contributed by atoms with E-state index in [0.29, 0.717) is 24.2 Å². The van der Waals surface area contributed by atoms with Crippen molar-refractivity contribution in [1.29, 1.82) is 0 Å². The normalized spacial score (nSPS) is 18.1. The van der Waals surface area contributed by atoms with Crippen molar-refractivity contribution in [3.05, 3.63) is 29.8 Å². The van der Waals surface area contributed by atoms with Crippen LogP contribution in [0.5, 0.6) is 0 Å². The third-order valence-electron chi connectivity index (χ3n) is 3.35. The number of Topliss-reactive ketones (excluding diaryl/α,β-unsaturated/α-hetero) is 1. The fourth-order valence-electron chi connectivity index (χ4n) is 2.17. The van der Waals surface area contributed by atoms with Gasteiger partial charge in [0.05, 0.1) is 12.3 Å². The first-order valence-electron chi connectivity index (χ1n) is 6.77. The van der Waals surface area contributed by atoms with Gasteiger partial charge >= 0.3 is 0 Å². The molecular weight excluding hydrogens is 292 g/mol. The van der Waals surface area contributed by atoms with E-state index in [2.05, 4.69) is 5.32 Å². The van der Waals surface area contributed by atoms with Gasteiger partial charge in [-0.15, -0.1) is 0 Å². The summed E-state index contributed by atoms with van der Waals surface area (Å²) in [5.74, 6) is -0.323. The number of carbonyl (C=O) groups is 2. The van der Waals surface area contributed by atoms with E-state index in [9.17, 15) is 18.0 Å². The van der Waals surface area contributed by atoms with E-state index < -0.39 is 10.0 Å². The topological polar surface area (TPSA) is 83.6 Å². The third-order valence-corrected chi connectivity index (χ3v) is 5.25. The Bertz CT molecular complexity index is 637. The molecule has 0 atom stereocenters. The van der Waals surface area contributed by atoms with Crippen LogP contribution in [0.1, 0.15) is 30.1 Å². The molecule has 0 bridgehead atoms. The van der Waals surface area contributed by atoms with Crippen LogP contribution in [0, 0.1) is 0 Å². The van der Waals surface area contributed by atoms with E-state index in [-0.39, 0.29) is 24.0 Å². The summed E-state index contributed by atoms with van der Waals surface area (Å²) in [7, 11) is -3.30. The highest BCUT2D eigenvalue weighted by atomic mass is 32.2. The lowest BCUT2D eigenvalue weighted by molar-refractivity contribution is -0.116. The molecule has 1 fully saturated rings. The molecule has 1 heterocycles. The Balaban J connectivity index is 1.96. The monoisotopic (exact) mass is 310 g/mol. The molecule has 0 spiro atoms. The Morgan fingerprint density at radius 3 is 2.43 bits per heavy atom. The van der Waals surface area contributed by atoms with Crippen molar-refractivity contribution in [3.8, 4) is 0 Å². The molecule has 0 aliphatic carbocycles. The van der Waals surface area contributed by atoms with Crippen LogP contribution in [-0.2, 0) is 14.8 Å². The van der Waals surface area contributed by atoms with Crippen LogP contribution in [0.4, 0.5) is 5.69 Å². The van der Waals surface area contributed by atoms with E-state index in [1.807, 2.05) is 0 Å². The number of ketones is 1.